The Morgan fingerprint density at radius 2 is 2.12 bits per heavy atom. The van der Waals surface area contributed by atoms with Crippen LogP contribution in [0.25, 0.3) is 0 Å². The average Bonchev–Trinajstić information content (AvgIpc) is 3.22. The molecular weight excluding hydrogens is 320 g/mol. The van der Waals surface area contributed by atoms with Crippen LogP contribution in [0.4, 0.5) is 0 Å². The molecule has 3 rings (SSSR count). The predicted molar refractivity (Wildman–Crippen MR) is 94.4 cm³/mol. The lowest BCUT2D eigenvalue weighted by molar-refractivity contribution is -0.133. The van der Waals surface area contributed by atoms with Crippen LogP contribution >= 0.6 is 0 Å². The summed E-state index contributed by atoms with van der Waals surface area (Å²) in [5.74, 6) is 0.921. The molecule has 2 aliphatic rings. The van der Waals surface area contributed by atoms with Gasteiger partial charge in [0.1, 0.15) is 5.76 Å². The van der Waals surface area contributed by atoms with Crippen LogP contribution in [0.2, 0.25) is 0 Å². The summed E-state index contributed by atoms with van der Waals surface area (Å²) < 4.78 is 16.0. The second-order valence-corrected chi connectivity index (χ2v) is 7.41. The van der Waals surface area contributed by atoms with Crippen LogP contribution in [0.3, 0.4) is 0 Å². The molecule has 0 unspecified atom stereocenters. The lowest BCUT2D eigenvalue weighted by atomic mass is 9.76. The van der Waals surface area contributed by atoms with Gasteiger partial charge in [-0.15, -0.1) is 0 Å². The first-order chi connectivity index (χ1) is 12.2. The maximum absolute atomic E-state index is 12.5. The molecule has 6 heteroatoms. The van der Waals surface area contributed by atoms with Crippen molar-refractivity contribution in [3.8, 4) is 0 Å². The van der Waals surface area contributed by atoms with Crippen LogP contribution in [-0.2, 0) is 20.7 Å². The molecule has 0 saturated carbocycles. The molecule has 1 spiro atoms. The minimum absolute atomic E-state index is 0.174. The zero-order chi connectivity index (χ0) is 17.7. The van der Waals surface area contributed by atoms with E-state index in [1.807, 2.05) is 17.0 Å². The van der Waals surface area contributed by atoms with E-state index >= 15 is 0 Å². The number of carbonyl (C=O) groups is 1. The monoisotopic (exact) mass is 350 g/mol. The van der Waals surface area contributed by atoms with Gasteiger partial charge >= 0.3 is 0 Å². The van der Waals surface area contributed by atoms with Gasteiger partial charge in [-0.25, -0.2) is 0 Å². The SMILES string of the molecule is COCCN1CC2(CCN(C(=O)Cc3ccco3)CC2)C[C@@H]1COC. The fourth-order valence-electron chi connectivity index (χ4n) is 4.35. The van der Waals surface area contributed by atoms with Gasteiger partial charge in [-0.05, 0) is 36.8 Å². The molecule has 6 nitrogen and oxygen atoms in total. The van der Waals surface area contributed by atoms with Crippen LogP contribution in [0.5, 0.6) is 0 Å². The molecule has 2 fully saturated rings. The van der Waals surface area contributed by atoms with Gasteiger partial charge in [0.15, 0.2) is 0 Å². The summed E-state index contributed by atoms with van der Waals surface area (Å²) in [6.45, 7) is 5.25. The summed E-state index contributed by atoms with van der Waals surface area (Å²) in [6, 6.07) is 4.16. The van der Waals surface area contributed by atoms with Gasteiger partial charge in [0.25, 0.3) is 0 Å². The number of furan rings is 1. The fraction of sp³-hybridized carbons (Fsp3) is 0.737. The molecule has 0 bridgehead atoms. The third-order valence-electron chi connectivity index (χ3n) is 5.75. The number of nitrogens with zero attached hydrogens (tertiary/aromatic N) is 2. The summed E-state index contributed by atoms with van der Waals surface area (Å²) >= 11 is 0. The van der Waals surface area contributed by atoms with Crippen LogP contribution < -0.4 is 0 Å². The zero-order valence-electron chi connectivity index (χ0n) is 15.4. The van der Waals surface area contributed by atoms with Crippen molar-refractivity contribution in [1.82, 2.24) is 9.80 Å². The van der Waals surface area contributed by atoms with Crippen LogP contribution in [0.15, 0.2) is 22.8 Å². The van der Waals surface area contributed by atoms with Crippen LogP contribution in [-0.4, -0.2) is 75.4 Å². The molecule has 1 amide bonds. The van der Waals surface area contributed by atoms with E-state index < -0.39 is 0 Å². The van der Waals surface area contributed by atoms with E-state index in [4.69, 9.17) is 13.9 Å². The minimum atomic E-state index is 0.174. The minimum Gasteiger partial charge on any atom is -0.469 e. The first kappa shape index (κ1) is 18.4. The molecule has 140 valence electrons. The first-order valence-electron chi connectivity index (χ1n) is 9.18. The topological polar surface area (TPSA) is 55.2 Å². The van der Waals surface area contributed by atoms with E-state index in [0.29, 0.717) is 17.9 Å². The van der Waals surface area contributed by atoms with Gasteiger partial charge in [0.2, 0.25) is 5.91 Å². The molecule has 0 aliphatic carbocycles. The van der Waals surface area contributed by atoms with Crippen molar-refractivity contribution in [2.45, 2.75) is 31.7 Å². The normalized spacial score (nSPS) is 23.4. The van der Waals surface area contributed by atoms with Crippen molar-refractivity contribution in [1.29, 1.82) is 0 Å². The molecule has 0 aromatic carbocycles. The second kappa shape index (κ2) is 8.34. The smallest absolute Gasteiger partial charge is 0.230 e. The summed E-state index contributed by atoms with van der Waals surface area (Å²) in [5, 5.41) is 0. The standard InChI is InChI=1S/C19H30N2O4/c1-23-11-9-21-15-19(13-16(21)14-24-2)5-7-20(8-6-19)18(22)12-17-4-3-10-25-17/h3-4,10,16H,5-9,11-15H2,1-2H3/t16-/m1/s1. The van der Waals surface area contributed by atoms with Gasteiger partial charge in [-0.2, -0.15) is 0 Å². The molecular formula is C19H30N2O4. The Kier molecular flexibility index (Phi) is 6.15. The van der Waals surface area contributed by atoms with Crippen molar-refractivity contribution in [3.05, 3.63) is 24.2 Å². The maximum Gasteiger partial charge on any atom is 0.230 e. The predicted octanol–water partition coefficient (Wildman–Crippen LogP) is 1.80. The van der Waals surface area contributed by atoms with Gasteiger partial charge in [0.05, 0.1) is 25.9 Å². The number of hydrogen-bond acceptors (Lipinski definition) is 5. The number of ether oxygens (including phenoxy) is 2. The third-order valence-corrected chi connectivity index (χ3v) is 5.75. The zero-order valence-corrected chi connectivity index (χ0v) is 15.4. The van der Waals surface area contributed by atoms with Crippen molar-refractivity contribution in [2.24, 2.45) is 5.41 Å². The van der Waals surface area contributed by atoms with E-state index in [2.05, 4.69) is 4.90 Å². The number of likely N-dealkylation sites (tertiary alicyclic amines) is 2. The van der Waals surface area contributed by atoms with Crippen molar-refractivity contribution < 1.29 is 18.7 Å². The van der Waals surface area contributed by atoms with E-state index in [1.165, 1.54) is 0 Å². The molecule has 1 aromatic rings. The highest BCUT2D eigenvalue weighted by Gasteiger charge is 2.45. The van der Waals surface area contributed by atoms with Gasteiger partial charge < -0.3 is 18.8 Å². The first-order valence-corrected chi connectivity index (χ1v) is 9.18. The van der Waals surface area contributed by atoms with Crippen molar-refractivity contribution in [3.63, 3.8) is 0 Å². The highest BCUT2D eigenvalue weighted by Crippen LogP contribution is 2.43. The van der Waals surface area contributed by atoms with Crippen LogP contribution in [0.1, 0.15) is 25.0 Å². The summed E-state index contributed by atoms with van der Waals surface area (Å²) in [4.78, 5) is 17.0. The molecule has 2 aliphatic heterocycles. The van der Waals surface area contributed by atoms with Crippen molar-refractivity contribution in [2.75, 3.05) is 53.6 Å². The molecule has 1 aromatic heterocycles. The Labute approximate surface area is 150 Å². The maximum atomic E-state index is 12.5. The number of piperidine rings is 1. The van der Waals surface area contributed by atoms with Gasteiger partial charge in [-0.1, -0.05) is 0 Å². The molecule has 2 saturated heterocycles. The molecule has 0 N–H and O–H groups in total. The molecule has 25 heavy (non-hydrogen) atoms. The third kappa shape index (κ3) is 4.43. The van der Waals surface area contributed by atoms with Gasteiger partial charge in [0, 0.05) is 46.4 Å². The Morgan fingerprint density at radius 1 is 1.32 bits per heavy atom. The Morgan fingerprint density at radius 3 is 2.76 bits per heavy atom. The number of amides is 1. The van der Waals surface area contributed by atoms with E-state index in [9.17, 15) is 4.79 Å². The number of hydrogen-bond donors (Lipinski definition) is 0. The Bertz CT molecular complexity index is 538. The van der Waals surface area contributed by atoms with E-state index in [-0.39, 0.29) is 5.91 Å². The highest BCUT2D eigenvalue weighted by atomic mass is 16.5. The lowest BCUT2D eigenvalue weighted by Gasteiger charge is -2.39. The summed E-state index contributed by atoms with van der Waals surface area (Å²) in [7, 11) is 3.52. The second-order valence-electron chi connectivity index (χ2n) is 7.41. The number of carbonyl (C=O) groups excluding carboxylic acids is 1. The highest BCUT2D eigenvalue weighted by molar-refractivity contribution is 5.78. The largest absolute Gasteiger partial charge is 0.469 e. The summed E-state index contributed by atoms with van der Waals surface area (Å²) in [6.07, 6.45) is 5.29. The number of rotatable bonds is 7. The summed E-state index contributed by atoms with van der Waals surface area (Å²) in [5.41, 5.74) is 0.318. The average molecular weight is 350 g/mol. The Hall–Kier alpha value is -1.37. The van der Waals surface area contributed by atoms with Crippen LogP contribution in [0, 0.1) is 5.41 Å². The van der Waals surface area contributed by atoms with E-state index in [0.717, 1.165) is 64.4 Å². The molecule has 0 radical (unpaired) electrons. The Balaban J connectivity index is 1.54. The fourth-order valence-corrected chi connectivity index (χ4v) is 4.35. The van der Waals surface area contributed by atoms with E-state index in [1.54, 1.807) is 20.5 Å². The number of methoxy groups -OCH3 is 2. The molecule has 1 atom stereocenters. The van der Waals surface area contributed by atoms with Crippen molar-refractivity contribution >= 4 is 5.91 Å². The van der Waals surface area contributed by atoms with Gasteiger partial charge in [-0.3, -0.25) is 9.69 Å². The quantitative estimate of drug-likeness (QED) is 0.751. The molecule has 3 heterocycles. The lowest BCUT2D eigenvalue weighted by Crippen LogP contribution is -2.45.